The van der Waals surface area contributed by atoms with Crippen LogP contribution in [-0.2, 0) is 4.79 Å². The first-order chi connectivity index (χ1) is 11.0. The molecule has 7 nitrogen and oxygen atoms in total. The standard InChI is InChI=1S/C14H13ClN4O3S/c1-8(12(20)19-7-6-16-13(19)21)23-14-18-17-11(22-14)9-2-4-10(15)5-3-9/h2-5,8H,6-7H2,1H3,(H,16,21). The van der Waals surface area contributed by atoms with Gasteiger partial charge in [-0.2, -0.15) is 0 Å². The van der Waals surface area contributed by atoms with Gasteiger partial charge in [0.1, 0.15) is 0 Å². The molecule has 1 aromatic heterocycles. The van der Waals surface area contributed by atoms with Gasteiger partial charge in [-0.05, 0) is 31.2 Å². The third-order valence-electron chi connectivity index (χ3n) is 3.25. The van der Waals surface area contributed by atoms with Crippen LogP contribution in [0.2, 0.25) is 5.02 Å². The summed E-state index contributed by atoms with van der Waals surface area (Å²) in [5.41, 5.74) is 0.742. The molecule has 1 aliphatic rings. The van der Waals surface area contributed by atoms with Crippen LogP contribution in [-0.4, -0.2) is 45.4 Å². The van der Waals surface area contributed by atoms with Crippen molar-refractivity contribution in [2.45, 2.75) is 17.4 Å². The molecular weight excluding hydrogens is 340 g/mol. The number of thioether (sulfide) groups is 1. The number of imide groups is 1. The minimum atomic E-state index is -0.502. The molecule has 1 aliphatic heterocycles. The number of hydrogen-bond donors (Lipinski definition) is 1. The molecule has 120 valence electrons. The first kappa shape index (κ1) is 15.8. The highest BCUT2D eigenvalue weighted by atomic mass is 35.5. The molecule has 1 unspecified atom stereocenters. The Hall–Kier alpha value is -2.06. The number of carbonyl (C=O) groups is 2. The second-order valence-corrected chi connectivity index (χ2v) is 6.59. The van der Waals surface area contributed by atoms with Crippen LogP contribution in [0.15, 0.2) is 33.9 Å². The predicted octanol–water partition coefficient (Wildman–Crippen LogP) is 2.42. The number of carbonyl (C=O) groups excluding carboxylic acids is 2. The molecule has 3 rings (SSSR count). The van der Waals surface area contributed by atoms with Gasteiger partial charge in [-0.1, -0.05) is 23.4 Å². The quantitative estimate of drug-likeness (QED) is 0.850. The van der Waals surface area contributed by atoms with E-state index in [-0.39, 0.29) is 17.2 Å². The minimum absolute atomic E-state index is 0.274. The van der Waals surface area contributed by atoms with E-state index in [2.05, 4.69) is 15.5 Å². The average Bonchev–Trinajstić information content (AvgIpc) is 3.16. The number of amides is 3. The Labute approximate surface area is 141 Å². The lowest BCUT2D eigenvalue weighted by atomic mass is 10.2. The first-order valence-corrected chi connectivity index (χ1v) is 8.15. The molecule has 3 amide bonds. The van der Waals surface area contributed by atoms with Gasteiger partial charge in [-0.25, -0.2) is 4.79 Å². The maximum absolute atomic E-state index is 12.2. The van der Waals surface area contributed by atoms with Crippen LogP contribution in [0, 0.1) is 0 Å². The Bertz CT molecular complexity index is 734. The summed E-state index contributed by atoms with van der Waals surface area (Å²) in [5.74, 6) is 0.0685. The highest BCUT2D eigenvalue weighted by Crippen LogP contribution is 2.27. The molecule has 1 atom stereocenters. The molecule has 0 bridgehead atoms. The maximum Gasteiger partial charge on any atom is 0.324 e. The monoisotopic (exact) mass is 352 g/mol. The number of hydrogen-bond acceptors (Lipinski definition) is 6. The molecular formula is C14H13ClN4O3S. The van der Waals surface area contributed by atoms with Gasteiger partial charge in [-0.15, -0.1) is 10.2 Å². The Kier molecular flexibility index (Phi) is 4.53. The van der Waals surface area contributed by atoms with Gasteiger partial charge < -0.3 is 9.73 Å². The van der Waals surface area contributed by atoms with E-state index in [0.717, 1.165) is 17.3 Å². The zero-order chi connectivity index (χ0) is 16.4. The molecule has 0 saturated carbocycles. The number of urea groups is 1. The lowest BCUT2D eigenvalue weighted by Crippen LogP contribution is -2.38. The molecule has 1 fully saturated rings. The summed E-state index contributed by atoms with van der Waals surface area (Å²) in [6.45, 7) is 2.55. The Morgan fingerprint density at radius 3 is 2.78 bits per heavy atom. The number of nitrogens with one attached hydrogen (secondary N) is 1. The topological polar surface area (TPSA) is 88.3 Å². The number of nitrogens with zero attached hydrogens (tertiary/aromatic N) is 3. The summed E-state index contributed by atoms with van der Waals surface area (Å²) in [5, 5.41) is 10.9. The summed E-state index contributed by atoms with van der Waals surface area (Å²) in [6, 6.07) is 6.63. The van der Waals surface area contributed by atoms with Gasteiger partial charge in [0.25, 0.3) is 5.22 Å². The van der Waals surface area contributed by atoms with Crippen LogP contribution >= 0.6 is 23.4 Å². The van der Waals surface area contributed by atoms with Crippen LogP contribution in [0.4, 0.5) is 4.79 Å². The summed E-state index contributed by atoms with van der Waals surface area (Å²) < 4.78 is 5.55. The van der Waals surface area contributed by atoms with Crippen molar-refractivity contribution in [3.63, 3.8) is 0 Å². The van der Waals surface area contributed by atoms with Gasteiger partial charge in [0.2, 0.25) is 11.8 Å². The van der Waals surface area contributed by atoms with Crippen LogP contribution in [0.5, 0.6) is 0 Å². The molecule has 2 heterocycles. The van der Waals surface area contributed by atoms with E-state index in [1.165, 1.54) is 4.90 Å². The summed E-state index contributed by atoms with van der Waals surface area (Å²) >= 11 is 6.96. The Morgan fingerprint density at radius 2 is 2.13 bits per heavy atom. The lowest BCUT2D eigenvalue weighted by molar-refractivity contribution is -0.126. The van der Waals surface area contributed by atoms with E-state index in [4.69, 9.17) is 16.0 Å². The van der Waals surface area contributed by atoms with Crippen molar-refractivity contribution in [3.05, 3.63) is 29.3 Å². The second kappa shape index (κ2) is 6.59. The molecule has 1 N–H and O–H groups in total. The number of benzene rings is 1. The fourth-order valence-electron chi connectivity index (χ4n) is 2.07. The van der Waals surface area contributed by atoms with E-state index in [9.17, 15) is 9.59 Å². The van der Waals surface area contributed by atoms with Crippen molar-refractivity contribution in [2.24, 2.45) is 0 Å². The highest BCUT2D eigenvalue weighted by molar-refractivity contribution is 8.00. The van der Waals surface area contributed by atoms with E-state index in [1.807, 2.05) is 0 Å². The average molecular weight is 353 g/mol. The van der Waals surface area contributed by atoms with E-state index >= 15 is 0 Å². The van der Waals surface area contributed by atoms with Gasteiger partial charge in [0.05, 0.1) is 5.25 Å². The van der Waals surface area contributed by atoms with E-state index in [0.29, 0.717) is 24.0 Å². The third kappa shape index (κ3) is 3.48. The van der Waals surface area contributed by atoms with Crippen LogP contribution in [0.3, 0.4) is 0 Å². The Balaban J connectivity index is 1.67. The maximum atomic E-state index is 12.2. The van der Waals surface area contributed by atoms with Crippen molar-refractivity contribution in [2.75, 3.05) is 13.1 Å². The van der Waals surface area contributed by atoms with Crippen molar-refractivity contribution in [1.29, 1.82) is 0 Å². The van der Waals surface area contributed by atoms with Crippen molar-refractivity contribution in [3.8, 4) is 11.5 Å². The van der Waals surface area contributed by atoms with Crippen molar-refractivity contribution < 1.29 is 14.0 Å². The number of rotatable bonds is 4. The second-order valence-electron chi connectivity index (χ2n) is 4.86. The zero-order valence-electron chi connectivity index (χ0n) is 12.2. The SMILES string of the molecule is CC(Sc1nnc(-c2ccc(Cl)cc2)o1)C(=O)N1CCNC1=O. The normalized spacial score (nSPS) is 15.6. The Morgan fingerprint density at radius 1 is 1.39 bits per heavy atom. The summed E-state index contributed by atoms with van der Waals surface area (Å²) in [4.78, 5) is 24.9. The molecule has 23 heavy (non-hydrogen) atoms. The highest BCUT2D eigenvalue weighted by Gasteiger charge is 2.31. The minimum Gasteiger partial charge on any atom is -0.411 e. The van der Waals surface area contributed by atoms with Crippen molar-refractivity contribution >= 4 is 35.3 Å². The summed E-state index contributed by atoms with van der Waals surface area (Å²) in [7, 11) is 0. The fraction of sp³-hybridized carbons (Fsp3) is 0.286. The van der Waals surface area contributed by atoms with Crippen LogP contribution in [0.1, 0.15) is 6.92 Å². The molecule has 1 saturated heterocycles. The largest absolute Gasteiger partial charge is 0.411 e. The molecule has 0 radical (unpaired) electrons. The van der Waals surface area contributed by atoms with Crippen LogP contribution < -0.4 is 5.32 Å². The van der Waals surface area contributed by atoms with Crippen molar-refractivity contribution in [1.82, 2.24) is 20.4 Å². The number of aromatic nitrogens is 2. The van der Waals surface area contributed by atoms with Gasteiger partial charge in [0, 0.05) is 23.7 Å². The number of halogens is 1. The fourth-order valence-corrected chi connectivity index (χ4v) is 2.94. The molecule has 1 aromatic carbocycles. The van der Waals surface area contributed by atoms with E-state index in [1.54, 1.807) is 31.2 Å². The predicted molar refractivity (Wildman–Crippen MR) is 85.2 cm³/mol. The molecule has 0 spiro atoms. The van der Waals surface area contributed by atoms with Gasteiger partial charge >= 0.3 is 6.03 Å². The molecule has 9 heteroatoms. The van der Waals surface area contributed by atoms with Gasteiger partial charge in [-0.3, -0.25) is 9.69 Å². The van der Waals surface area contributed by atoms with Gasteiger partial charge in [0.15, 0.2) is 0 Å². The van der Waals surface area contributed by atoms with E-state index < -0.39 is 5.25 Å². The molecule has 0 aliphatic carbocycles. The summed E-state index contributed by atoms with van der Waals surface area (Å²) in [6.07, 6.45) is 0. The van der Waals surface area contributed by atoms with Crippen LogP contribution in [0.25, 0.3) is 11.5 Å². The first-order valence-electron chi connectivity index (χ1n) is 6.90. The smallest absolute Gasteiger partial charge is 0.324 e. The third-order valence-corrected chi connectivity index (χ3v) is 4.42. The molecule has 2 aromatic rings. The lowest BCUT2D eigenvalue weighted by Gasteiger charge is -2.15. The zero-order valence-corrected chi connectivity index (χ0v) is 13.7.